The molecule has 0 fully saturated rings. The Morgan fingerprint density at radius 1 is 1.16 bits per heavy atom. The molecule has 0 aromatic heterocycles. The lowest BCUT2D eigenvalue weighted by atomic mass is 10.1. The Morgan fingerprint density at radius 2 is 1.87 bits per heavy atom. The summed E-state index contributed by atoms with van der Waals surface area (Å²) < 4.78 is 47.4. The molecule has 0 saturated carbocycles. The molecule has 0 N–H and O–H groups in total. The van der Waals surface area contributed by atoms with Crippen molar-refractivity contribution in [3.63, 3.8) is 0 Å². The molecule has 1 amide bonds. The molecule has 202 valence electrons. The van der Waals surface area contributed by atoms with E-state index in [2.05, 4.69) is 16.6 Å². The van der Waals surface area contributed by atoms with Gasteiger partial charge in [0.05, 0.1) is 11.3 Å². The Hall–Kier alpha value is -3.75. The highest BCUT2D eigenvalue weighted by molar-refractivity contribution is 6.08. The number of fused-ring (bicyclic) bond motifs is 1. The predicted octanol–water partition coefficient (Wildman–Crippen LogP) is 6.75. The standard InChI is InChI=1S/C29H32F3N3O3/c1-7-17(3)26(33-22-14-12-21(16-19(22)8-2)28(37)35(5)6)34-27(18(4)29(30,31)32)38-24-11-9-10-20-13-15-23(36)25(20)24/h9-12,14,16,18H,3,7-8,13,15H2,1-2,4-6H3. The normalized spacial score (nSPS) is 14.8. The fraction of sp³-hybridized carbons (Fsp3) is 0.379. The second-order valence-electron chi connectivity index (χ2n) is 9.32. The number of carbonyl (C=O) groups excluding carboxylic acids is 2. The van der Waals surface area contributed by atoms with Crippen LogP contribution in [0.4, 0.5) is 18.9 Å². The van der Waals surface area contributed by atoms with Crippen LogP contribution in [0.15, 0.2) is 58.5 Å². The van der Waals surface area contributed by atoms with Gasteiger partial charge in [-0.15, -0.1) is 0 Å². The number of carbonyl (C=O) groups is 2. The molecule has 0 aliphatic heterocycles. The minimum absolute atomic E-state index is 0.0149. The molecular formula is C29H32F3N3O3. The van der Waals surface area contributed by atoms with Crippen LogP contribution in [0.3, 0.4) is 0 Å². The van der Waals surface area contributed by atoms with Crippen molar-refractivity contribution in [3.8, 4) is 5.75 Å². The number of ketones is 1. The number of nitrogens with zero attached hydrogens (tertiary/aromatic N) is 3. The van der Waals surface area contributed by atoms with Gasteiger partial charge in [0.25, 0.3) is 5.91 Å². The summed E-state index contributed by atoms with van der Waals surface area (Å²) in [5, 5.41) is 0. The Balaban J connectivity index is 2.14. The topological polar surface area (TPSA) is 71.3 Å². The number of alkyl halides is 3. The summed E-state index contributed by atoms with van der Waals surface area (Å²) in [5.41, 5.74) is 3.10. The summed E-state index contributed by atoms with van der Waals surface area (Å²) in [6.45, 7) is 8.60. The van der Waals surface area contributed by atoms with Gasteiger partial charge in [-0.2, -0.15) is 18.2 Å². The van der Waals surface area contributed by atoms with Crippen molar-refractivity contribution >= 4 is 29.1 Å². The molecule has 0 radical (unpaired) electrons. The number of halogens is 3. The largest absolute Gasteiger partial charge is 0.441 e. The fourth-order valence-corrected chi connectivity index (χ4v) is 3.95. The Bertz CT molecular complexity index is 1310. The third kappa shape index (κ3) is 6.38. The van der Waals surface area contributed by atoms with Crippen LogP contribution < -0.4 is 4.74 Å². The van der Waals surface area contributed by atoms with Gasteiger partial charge in [-0.25, -0.2) is 4.99 Å². The fourth-order valence-electron chi connectivity index (χ4n) is 3.95. The maximum atomic E-state index is 13.9. The molecule has 0 bridgehead atoms. The molecule has 2 aromatic rings. The monoisotopic (exact) mass is 527 g/mol. The van der Waals surface area contributed by atoms with E-state index in [-0.39, 0.29) is 35.3 Å². The summed E-state index contributed by atoms with van der Waals surface area (Å²) in [6, 6.07) is 9.86. The van der Waals surface area contributed by atoms with Gasteiger partial charge in [0.1, 0.15) is 11.7 Å². The predicted molar refractivity (Wildman–Crippen MR) is 143 cm³/mol. The SMILES string of the molecule is C=C(CC)C(=Nc1ccc(C(=O)N(C)C)cc1CC)N=C(Oc1cccc2c1C(=O)CC2)C(C)C(F)(F)F. The first-order valence-corrected chi connectivity index (χ1v) is 12.5. The number of aryl methyl sites for hydroxylation is 2. The summed E-state index contributed by atoms with van der Waals surface area (Å²) in [5.74, 6) is -3.03. The number of hydrogen-bond acceptors (Lipinski definition) is 4. The number of hydrogen-bond donors (Lipinski definition) is 0. The zero-order chi connectivity index (χ0) is 28.2. The first-order chi connectivity index (χ1) is 17.9. The summed E-state index contributed by atoms with van der Waals surface area (Å²) in [7, 11) is 3.30. The van der Waals surface area contributed by atoms with Crippen molar-refractivity contribution in [2.75, 3.05) is 14.1 Å². The van der Waals surface area contributed by atoms with Crippen LogP contribution >= 0.6 is 0 Å². The van der Waals surface area contributed by atoms with Gasteiger partial charge < -0.3 is 9.64 Å². The zero-order valence-corrected chi connectivity index (χ0v) is 22.3. The molecule has 0 heterocycles. The first-order valence-electron chi connectivity index (χ1n) is 12.5. The van der Waals surface area contributed by atoms with Crippen molar-refractivity contribution in [2.45, 2.75) is 52.6 Å². The Kier molecular flexibility index (Phi) is 8.91. The summed E-state index contributed by atoms with van der Waals surface area (Å²) in [6.07, 6.45) is -2.94. The van der Waals surface area contributed by atoms with Crippen LogP contribution in [-0.4, -0.2) is 48.6 Å². The quantitative estimate of drug-likeness (QED) is 0.295. The lowest BCUT2D eigenvalue weighted by Crippen LogP contribution is -2.32. The number of rotatable bonds is 7. The van der Waals surface area contributed by atoms with Gasteiger partial charge in [-0.3, -0.25) is 9.59 Å². The molecule has 9 heteroatoms. The second kappa shape index (κ2) is 11.8. The average molecular weight is 528 g/mol. The van der Waals surface area contributed by atoms with Crippen molar-refractivity contribution in [3.05, 3.63) is 70.8 Å². The molecular weight excluding hydrogens is 495 g/mol. The van der Waals surface area contributed by atoms with E-state index in [4.69, 9.17) is 4.74 Å². The molecule has 1 aliphatic rings. The Labute approximate surface area is 220 Å². The molecule has 2 aromatic carbocycles. The van der Waals surface area contributed by atoms with Crippen molar-refractivity contribution in [1.82, 2.24) is 4.90 Å². The maximum absolute atomic E-state index is 13.9. The second-order valence-corrected chi connectivity index (χ2v) is 9.32. The first kappa shape index (κ1) is 28.8. The molecule has 6 nitrogen and oxygen atoms in total. The number of Topliss-reactive ketones (excluding diaryl/α,β-unsaturated/α-hetero) is 1. The summed E-state index contributed by atoms with van der Waals surface area (Å²) in [4.78, 5) is 35.1. The minimum atomic E-state index is -4.65. The van der Waals surface area contributed by atoms with Crippen LogP contribution in [0, 0.1) is 5.92 Å². The third-order valence-electron chi connectivity index (χ3n) is 6.39. The van der Waals surface area contributed by atoms with Gasteiger partial charge in [-0.1, -0.05) is 32.6 Å². The van der Waals surface area contributed by atoms with Crippen molar-refractivity contribution in [1.29, 1.82) is 0 Å². The van der Waals surface area contributed by atoms with E-state index in [1.54, 1.807) is 51.4 Å². The van der Waals surface area contributed by atoms with E-state index >= 15 is 0 Å². The highest BCUT2D eigenvalue weighted by Crippen LogP contribution is 2.34. The lowest BCUT2D eigenvalue weighted by molar-refractivity contribution is -0.153. The van der Waals surface area contributed by atoms with E-state index < -0.39 is 18.0 Å². The number of amidine groups is 1. The average Bonchev–Trinajstić information content (AvgIpc) is 3.27. The Morgan fingerprint density at radius 3 is 2.47 bits per heavy atom. The molecule has 1 aliphatic carbocycles. The zero-order valence-electron chi connectivity index (χ0n) is 22.3. The van der Waals surface area contributed by atoms with Gasteiger partial charge >= 0.3 is 6.18 Å². The molecule has 0 saturated heterocycles. The summed E-state index contributed by atoms with van der Waals surface area (Å²) >= 11 is 0. The van der Waals surface area contributed by atoms with E-state index in [9.17, 15) is 22.8 Å². The molecule has 0 spiro atoms. The van der Waals surface area contributed by atoms with Crippen molar-refractivity contribution < 1.29 is 27.5 Å². The molecule has 1 atom stereocenters. The van der Waals surface area contributed by atoms with Gasteiger partial charge in [0, 0.05) is 26.1 Å². The maximum Gasteiger partial charge on any atom is 0.400 e. The molecule has 1 unspecified atom stereocenters. The number of aliphatic imine (C=N–C) groups is 2. The van der Waals surface area contributed by atoms with Crippen LogP contribution in [-0.2, 0) is 12.8 Å². The van der Waals surface area contributed by atoms with Crippen LogP contribution in [0.25, 0.3) is 0 Å². The van der Waals surface area contributed by atoms with E-state index in [1.807, 2.05) is 6.92 Å². The van der Waals surface area contributed by atoms with Crippen LogP contribution in [0.5, 0.6) is 5.75 Å². The van der Waals surface area contributed by atoms with E-state index in [1.165, 1.54) is 11.0 Å². The van der Waals surface area contributed by atoms with E-state index in [0.29, 0.717) is 36.1 Å². The highest BCUT2D eigenvalue weighted by Gasteiger charge is 2.42. The smallest absolute Gasteiger partial charge is 0.400 e. The van der Waals surface area contributed by atoms with Crippen LogP contribution in [0.2, 0.25) is 0 Å². The van der Waals surface area contributed by atoms with Gasteiger partial charge in [-0.05, 0) is 67.2 Å². The third-order valence-corrected chi connectivity index (χ3v) is 6.39. The number of ether oxygens (including phenoxy) is 1. The highest BCUT2D eigenvalue weighted by atomic mass is 19.4. The van der Waals surface area contributed by atoms with E-state index in [0.717, 1.165) is 18.1 Å². The molecule has 38 heavy (non-hydrogen) atoms. The van der Waals surface area contributed by atoms with Crippen LogP contribution in [0.1, 0.15) is 65.5 Å². The number of amides is 1. The minimum Gasteiger partial charge on any atom is -0.441 e. The van der Waals surface area contributed by atoms with Crippen molar-refractivity contribution in [2.24, 2.45) is 15.9 Å². The lowest BCUT2D eigenvalue weighted by Gasteiger charge is -2.20. The molecule has 3 rings (SSSR count). The van der Waals surface area contributed by atoms with Gasteiger partial charge in [0.2, 0.25) is 5.90 Å². The van der Waals surface area contributed by atoms with Gasteiger partial charge in [0.15, 0.2) is 11.6 Å². The number of benzene rings is 2.